The molecule has 1 atom stereocenters. The molecule has 1 amide bonds. The van der Waals surface area contributed by atoms with Crippen LogP contribution in [-0.2, 0) is 24.2 Å². The molecular formula is C21H25ClN4O3. The van der Waals surface area contributed by atoms with Gasteiger partial charge in [-0.3, -0.25) is 4.79 Å². The number of aryl methyl sites for hydroxylation is 1. The van der Waals surface area contributed by atoms with Gasteiger partial charge in [0.15, 0.2) is 17.3 Å². The van der Waals surface area contributed by atoms with Crippen LogP contribution in [0.15, 0.2) is 12.1 Å². The molecule has 1 aromatic carbocycles. The first-order valence-electron chi connectivity index (χ1n) is 10.5. The van der Waals surface area contributed by atoms with Gasteiger partial charge in [0.2, 0.25) is 5.91 Å². The number of carbonyl (C=O) groups is 1. The zero-order chi connectivity index (χ0) is 19.8. The summed E-state index contributed by atoms with van der Waals surface area (Å²) >= 11 is 6.34. The van der Waals surface area contributed by atoms with E-state index in [0.717, 1.165) is 62.4 Å². The first-order valence-corrected chi connectivity index (χ1v) is 10.9. The number of hydrogen-bond donors (Lipinski definition) is 0. The summed E-state index contributed by atoms with van der Waals surface area (Å²) in [4.78, 5) is 15.2. The van der Waals surface area contributed by atoms with Crippen LogP contribution in [0.3, 0.4) is 0 Å². The van der Waals surface area contributed by atoms with Crippen LogP contribution in [0.5, 0.6) is 11.5 Å². The van der Waals surface area contributed by atoms with E-state index in [0.29, 0.717) is 29.7 Å². The molecule has 1 aromatic heterocycles. The van der Waals surface area contributed by atoms with Crippen LogP contribution in [0.4, 0.5) is 0 Å². The maximum atomic E-state index is 13.2. The van der Waals surface area contributed by atoms with Crippen molar-refractivity contribution in [1.29, 1.82) is 0 Å². The maximum absolute atomic E-state index is 13.2. The lowest BCUT2D eigenvalue weighted by Crippen LogP contribution is -2.33. The molecule has 29 heavy (non-hydrogen) atoms. The van der Waals surface area contributed by atoms with Gasteiger partial charge in [0.25, 0.3) is 0 Å². The Morgan fingerprint density at radius 3 is 2.93 bits per heavy atom. The molecule has 0 aliphatic carbocycles. The number of fused-ring (bicyclic) bond motifs is 2. The van der Waals surface area contributed by atoms with Crippen molar-refractivity contribution in [2.24, 2.45) is 0 Å². The van der Waals surface area contributed by atoms with Crippen molar-refractivity contribution < 1.29 is 14.3 Å². The van der Waals surface area contributed by atoms with Gasteiger partial charge < -0.3 is 18.9 Å². The highest BCUT2D eigenvalue weighted by molar-refractivity contribution is 6.32. The summed E-state index contributed by atoms with van der Waals surface area (Å²) in [6.45, 7) is 2.69. The van der Waals surface area contributed by atoms with Crippen LogP contribution in [0.1, 0.15) is 55.4 Å². The van der Waals surface area contributed by atoms with E-state index >= 15 is 0 Å². The van der Waals surface area contributed by atoms with E-state index in [1.165, 1.54) is 6.42 Å². The summed E-state index contributed by atoms with van der Waals surface area (Å²) in [5, 5.41) is 9.41. The topological polar surface area (TPSA) is 69.5 Å². The Morgan fingerprint density at radius 2 is 2.00 bits per heavy atom. The maximum Gasteiger partial charge on any atom is 0.227 e. The number of nitrogens with zero attached hydrogens (tertiary/aromatic N) is 4. The van der Waals surface area contributed by atoms with E-state index in [-0.39, 0.29) is 18.4 Å². The fraction of sp³-hybridized carbons (Fsp3) is 0.571. The third-order valence-electron chi connectivity index (χ3n) is 6.02. The van der Waals surface area contributed by atoms with E-state index in [4.69, 9.17) is 21.1 Å². The number of ether oxygens (including phenoxy) is 2. The monoisotopic (exact) mass is 416 g/mol. The van der Waals surface area contributed by atoms with E-state index in [1.54, 1.807) is 6.07 Å². The number of benzene rings is 1. The number of hydrogen-bond acceptors (Lipinski definition) is 5. The van der Waals surface area contributed by atoms with Gasteiger partial charge in [-0.2, -0.15) is 0 Å². The largest absolute Gasteiger partial charge is 0.486 e. The van der Waals surface area contributed by atoms with Crippen LogP contribution in [0, 0.1) is 0 Å². The Bertz CT molecular complexity index is 929. The van der Waals surface area contributed by atoms with E-state index in [1.807, 2.05) is 11.0 Å². The second-order valence-corrected chi connectivity index (χ2v) is 8.37. The van der Waals surface area contributed by atoms with Gasteiger partial charge in [-0.15, -0.1) is 10.2 Å². The van der Waals surface area contributed by atoms with Crippen molar-refractivity contribution in [2.75, 3.05) is 19.8 Å². The van der Waals surface area contributed by atoms with Crippen molar-refractivity contribution >= 4 is 17.5 Å². The molecule has 1 saturated heterocycles. The summed E-state index contributed by atoms with van der Waals surface area (Å²) in [5.74, 6) is 3.29. The number of rotatable bonds is 3. The molecule has 7 nitrogen and oxygen atoms in total. The second-order valence-electron chi connectivity index (χ2n) is 7.96. The predicted octanol–water partition coefficient (Wildman–Crippen LogP) is 3.34. The Kier molecular flexibility index (Phi) is 5.08. The molecule has 0 bridgehead atoms. The van der Waals surface area contributed by atoms with Crippen LogP contribution >= 0.6 is 11.6 Å². The van der Waals surface area contributed by atoms with Crippen molar-refractivity contribution in [1.82, 2.24) is 19.7 Å². The lowest BCUT2D eigenvalue weighted by atomic mass is 10.1. The molecule has 154 valence electrons. The number of aromatic nitrogens is 3. The SMILES string of the molecule is O=C(Cc1cc(Cl)c2c(c1)OCCO2)N1CCCC1c1nnc2n1CCCCC2. The summed E-state index contributed by atoms with van der Waals surface area (Å²) in [7, 11) is 0. The molecule has 3 aliphatic heterocycles. The standard InChI is InChI=1S/C21H25ClN4O3/c22-15-11-14(12-17-20(15)29-10-9-28-17)13-19(27)25-8-4-5-16(25)21-24-23-18-6-2-1-3-7-26(18)21/h11-12,16H,1-10,13H2. The molecule has 0 radical (unpaired) electrons. The average molecular weight is 417 g/mol. The first kappa shape index (κ1) is 18.7. The van der Waals surface area contributed by atoms with Crippen LogP contribution in [0.25, 0.3) is 0 Å². The van der Waals surface area contributed by atoms with Gasteiger partial charge in [0.1, 0.15) is 19.0 Å². The third kappa shape index (κ3) is 3.56. The molecule has 8 heteroatoms. The number of likely N-dealkylation sites (tertiary alicyclic amines) is 1. The van der Waals surface area contributed by atoms with E-state index < -0.39 is 0 Å². The Balaban J connectivity index is 1.36. The molecule has 1 fully saturated rings. The van der Waals surface area contributed by atoms with Gasteiger partial charge in [-0.05, 0) is 43.4 Å². The van der Waals surface area contributed by atoms with E-state index in [2.05, 4.69) is 14.8 Å². The van der Waals surface area contributed by atoms with Crippen LogP contribution in [-0.4, -0.2) is 45.3 Å². The third-order valence-corrected chi connectivity index (χ3v) is 6.30. The van der Waals surface area contributed by atoms with Gasteiger partial charge in [-0.25, -0.2) is 0 Å². The second kappa shape index (κ2) is 7.86. The molecule has 4 heterocycles. The van der Waals surface area contributed by atoms with Crippen LogP contribution in [0.2, 0.25) is 5.02 Å². The lowest BCUT2D eigenvalue weighted by Gasteiger charge is -2.25. The summed E-state index contributed by atoms with van der Waals surface area (Å²) in [6, 6.07) is 3.68. The quantitative estimate of drug-likeness (QED) is 0.767. The predicted molar refractivity (Wildman–Crippen MR) is 107 cm³/mol. The summed E-state index contributed by atoms with van der Waals surface area (Å²) in [5.41, 5.74) is 0.843. The number of carbonyl (C=O) groups excluding carboxylic acids is 1. The highest BCUT2D eigenvalue weighted by Crippen LogP contribution is 2.39. The number of amides is 1. The lowest BCUT2D eigenvalue weighted by molar-refractivity contribution is -0.131. The molecular weight excluding hydrogens is 392 g/mol. The van der Waals surface area contributed by atoms with Crippen molar-refractivity contribution in [2.45, 2.75) is 57.5 Å². The molecule has 3 aliphatic rings. The Morgan fingerprint density at radius 1 is 1.10 bits per heavy atom. The van der Waals surface area contributed by atoms with E-state index in [9.17, 15) is 4.79 Å². The van der Waals surface area contributed by atoms with Gasteiger partial charge in [-0.1, -0.05) is 18.0 Å². The Labute approximate surface area is 174 Å². The highest BCUT2D eigenvalue weighted by atomic mass is 35.5. The minimum atomic E-state index is 0.00883. The van der Waals surface area contributed by atoms with Crippen molar-refractivity contribution in [3.63, 3.8) is 0 Å². The molecule has 0 saturated carbocycles. The van der Waals surface area contributed by atoms with Crippen molar-refractivity contribution in [3.05, 3.63) is 34.4 Å². The summed E-state index contributed by atoms with van der Waals surface area (Å²) < 4.78 is 13.5. The van der Waals surface area contributed by atoms with Crippen LogP contribution < -0.4 is 9.47 Å². The molecule has 1 unspecified atom stereocenters. The number of halogens is 1. The van der Waals surface area contributed by atoms with Gasteiger partial charge >= 0.3 is 0 Å². The minimum Gasteiger partial charge on any atom is -0.486 e. The molecule has 2 aromatic rings. The molecule has 5 rings (SSSR count). The Hall–Kier alpha value is -2.28. The zero-order valence-electron chi connectivity index (χ0n) is 16.4. The normalized spacial score (nSPS) is 21.0. The van der Waals surface area contributed by atoms with Gasteiger partial charge in [0, 0.05) is 19.5 Å². The zero-order valence-corrected chi connectivity index (χ0v) is 17.2. The first-order chi connectivity index (χ1) is 14.2. The van der Waals surface area contributed by atoms with Gasteiger partial charge in [0.05, 0.1) is 17.5 Å². The molecule has 0 N–H and O–H groups in total. The minimum absolute atomic E-state index is 0.00883. The summed E-state index contributed by atoms with van der Waals surface area (Å²) in [6.07, 6.45) is 6.72. The smallest absolute Gasteiger partial charge is 0.227 e. The highest BCUT2D eigenvalue weighted by Gasteiger charge is 2.34. The fourth-order valence-electron chi connectivity index (χ4n) is 4.63. The fourth-order valence-corrected chi connectivity index (χ4v) is 4.92. The molecule has 0 spiro atoms. The average Bonchev–Trinajstić information content (AvgIpc) is 3.29. The van der Waals surface area contributed by atoms with Crippen molar-refractivity contribution in [3.8, 4) is 11.5 Å².